The molecule has 0 bridgehead atoms. The lowest BCUT2D eigenvalue weighted by molar-refractivity contribution is 0.0711. The van der Waals surface area contributed by atoms with Crippen LogP contribution in [0.15, 0.2) is 0 Å². The van der Waals surface area contributed by atoms with Gasteiger partial charge in [-0.1, -0.05) is 27.2 Å². The molecule has 1 rings (SSSR count). The summed E-state index contributed by atoms with van der Waals surface area (Å²) >= 11 is 0. The van der Waals surface area contributed by atoms with Crippen molar-refractivity contribution in [3.63, 3.8) is 0 Å². The molecule has 1 N–H and O–H groups in total. The maximum absolute atomic E-state index is 9.52. The second-order valence-electron chi connectivity index (χ2n) is 4.68. The van der Waals surface area contributed by atoms with Crippen LogP contribution in [0.4, 0.5) is 0 Å². The summed E-state index contributed by atoms with van der Waals surface area (Å²) in [5.41, 5.74) is -0.239. The fourth-order valence-corrected chi connectivity index (χ4v) is 2.51. The normalized spacial score (nSPS) is 22.3. The molecule has 3 nitrogen and oxygen atoms in total. The average molecular weight is 209 g/mol. The van der Waals surface area contributed by atoms with Crippen molar-refractivity contribution in [2.24, 2.45) is 5.92 Å². The third-order valence-electron chi connectivity index (χ3n) is 3.46. The molecule has 1 unspecified atom stereocenters. The van der Waals surface area contributed by atoms with E-state index >= 15 is 0 Å². The van der Waals surface area contributed by atoms with Crippen LogP contribution in [0, 0.1) is 17.2 Å². The molecule has 0 aromatic heterocycles. The molecule has 1 aliphatic heterocycles. The molecule has 0 radical (unpaired) electrons. The lowest BCUT2D eigenvalue weighted by atomic mass is 9.81. The van der Waals surface area contributed by atoms with Gasteiger partial charge in [-0.3, -0.25) is 4.90 Å². The van der Waals surface area contributed by atoms with Crippen LogP contribution in [-0.2, 0) is 0 Å². The first kappa shape index (κ1) is 12.5. The first-order valence-electron chi connectivity index (χ1n) is 6.04. The van der Waals surface area contributed by atoms with E-state index in [9.17, 15) is 5.26 Å². The lowest BCUT2D eigenvalue weighted by Gasteiger charge is -2.44. The Kier molecular flexibility index (Phi) is 4.56. The molecule has 1 aliphatic rings. The zero-order valence-electron chi connectivity index (χ0n) is 10.2. The van der Waals surface area contributed by atoms with Gasteiger partial charge in [-0.05, 0) is 12.3 Å². The van der Waals surface area contributed by atoms with Crippen LogP contribution >= 0.6 is 0 Å². The van der Waals surface area contributed by atoms with Crippen LogP contribution < -0.4 is 5.32 Å². The van der Waals surface area contributed by atoms with Gasteiger partial charge in [0.05, 0.1) is 6.07 Å². The van der Waals surface area contributed by atoms with Gasteiger partial charge >= 0.3 is 0 Å². The molecule has 1 heterocycles. The monoisotopic (exact) mass is 209 g/mol. The third kappa shape index (κ3) is 2.50. The summed E-state index contributed by atoms with van der Waals surface area (Å²) in [7, 11) is 0. The number of piperazine rings is 1. The van der Waals surface area contributed by atoms with E-state index in [0.717, 1.165) is 39.0 Å². The lowest BCUT2D eigenvalue weighted by Crippen LogP contribution is -2.58. The molecule has 1 atom stereocenters. The number of nitriles is 1. The van der Waals surface area contributed by atoms with Crippen LogP contribution in [0.1, 0.15) is 33.6 Å². The van der Waals surface area contributed by atoms with Gasteiger partial charge in [-0.25, -0.2) is 0 Å². The number of hydrogen-bond acceptors (Lipinski definition) is 3. The molecule has 15 heavy (non-hydrogen) atoms. The van der Waals surface area contributed by atoms with Gasteiger partial charge in [0.15, 0.2) is 0 Å². The summed E-state index contributed by atoms with van der Waals surface area (Å²) in [6.45, 7) is 10.5. The Labute approximate surface area is 93.5 Å². The van der Waals surface area contributed by atoms with Crippen molar-refractivity contribution in [2.45, 2.75) is 39.2 Å². The van der Waals surface area contributed by atoms with Crippen LogP contribution in [-0.4, -0.2) is 36.6 Å². The molecular weight excluding hydrogens is 186 g/mol. The van der Waals surface area contributed by atoms with Gasteiger partial charge in [0.2, 0.25) is 0 Å². The molecule has 1 fully saturated rings. The van der Waals surface area contributed by atoms with Crippen molar-refractivity contribution in [1.82, 2.24) is 10.2 Å². The van der Waals surface area contributed by atoms with E-state index in [1.165, 1.54) is 0 Å². The minimum Gasteiger partial charge on any atom is -0.314 e. The standard InChI is InChI=1S/C12H23N3/c1-4-5-12(10-13,11(2)3)15-8-6-14-7-9-15/h11,14H,4-9H2,1-3H3. The second-order valence-corrected chi connectivity index (χ2v) is 4.68. The summed E-state index contributed by atoms with van der Waals surface area (Å²) < 4.78 is 0. The van der Waals surface area contributed by atoms with Crippen LogP contribution in [0.5, 0.6) is 0 Å². The van der Waals surface area contributed by atoms with E-state index in [2.05, 4.69) is 37.1 Å². The van der Waals surface area contributed by atoms with Gasteiger partial charge in [-0.15, -0.1) is 0 Å². The Balaban J connectivity index is 2.82. The fraction of sp³-hybridized carbons (Fsp3) is 0.917. The number of hydrogen-bond donors (Lipinski definition) is 1. The predicted molar refractivity (Wildman–Crippen MR) is 62.5 cm³/mol. The summed E-state index contributed by atoms with van der Waals surface area (Å²) in [6, 6.07) is 2.58. The van der Waals surface area contributed by atoms with Crippen molar-refractivity contribution < 1.29 is 0 Å². The Hall–Kier alpha value is -0.590. The topological polar surface area (TPSA) is 39.1 Å². The van der Waals surface area contributed by atoms with E-state index in [1.54, 1.807) is 0 Å². The highest BCUT2D eigenvalue weighted by Gasteiger charge is 2.39. The molecular formula is C12H23N3. The van der Waals surface area contributed by atoms with E-state index in [-0.39, 0.29) is 5.54 Å². The van der Waals surface area contributed by atoms with Crippen LogP contribution in [0.2, 0.25) is 0 Å². The van der Waals surface area contributed by atoms with Crippen molar-refractivity contribution in [1.29, 1.82) is 5.26 Å². The van der Waals surface area contributed by atoms with Crippen molar-refractivity contribution in [3.8, 4) is 6.07 Å². The summed E-state index contributed by atoms with van der Waals surface area (Å²) in [6.07, 6.45) is 2.07. The van der Waals surface area contributed by atoms with Crippen LogP contribution in [0.25, 0.3) is 0 Å². The highest BCUT2D eigenvalue weighted by Crippen LogP contribution is 2.29. The predicted octanol–water partition coefficient (Wildman–Crippen LogP) is 1.61. The fourth-order valence-electron chi connectivity index (χ4n) is 2.51. The maximum Gasteiger partial charge on any atom is 0.111 e. The van der Waals surface area contributed by atoms with Crippen LogP contribution in [0.3, 0.4) is 0 Å². The second kappa shape index (κ2) is 5.48. The summed E-state index contributed by atoms with van der Waals surface area (Å²) in [5.74, 6) is 0.403. The van der Waals surface area contributed by atoms with E-state index in [4.69, 9.17) is 0 Å². The third-order valence-corrected chi connectivity index (χ3v) is 3.46. The molecule has 86 valence electrons. The zero-order valence-corrected chi connectivity index (χ0v) is 10.2. The number of rotatable bonds is 4. The molecule has 0 amide bonds. The Morgan fingerprint density at radius 1 is 1.40 bits per heavy atom. The largest absolute Gasteiger partial charge is 0.314 e. The quantitative estimate of drug-likeness (QED) is 0.764. The van der Waals surface area contributed by atoms with Gasteiger partial charge in [0.1, 0.15) is 5.54 Å². The van der Waals surface area contributed by atoms with Crippen molar-refractivity contribution in [2.75, 3.05) is 26.2 Å². The SMILES string of the molecule is CCCC(C#N)(C(C)C)N1CCNCC1. The molecule has 0 spiro atoms. The Bertz CT molecular complexity index is 226. The zero-order chi connectivity index (χ0) is 11.3. The van der Waals surface area contributed by atoms with Crippen molar-refractivity contribution in [3.05, 3.63) is 0 Å². The van der Waals surface area contributed by atoms with Gasteiger partial charge in [0, 0.05) is 26.2 Å². The first-order valence-corrected chi connectivity index (χ1v) is 6.04. The van der Waals surface area contributed by atoms with E-state index < -0.39 is 0 Å². The molecule has 0 aromatic rings. The van der Waals surface area contributed by atoms with Gasteiger partial charge < -0.3 is 5.32 Å². The van der Waals surface area contributed by atoms with E-state index in [1.807, 2.05) is 0 Å². The van der Waals surface area contributed by atoms with Crippen molar-refractivity contribution >= 4 is 0 Å². The smallest absolute Gasteiger partial charge is 0.111 e. The maximum atomic E-state index is 9.52. The molecule has 0 aromatic carbocycles. The minimum atomic E-state index is -0.239. The highest BCUT2D eigenvalue weighted by molar-refractivity contribution is 5.10. The van der Waals surface area contributed by atoms with E-state index in [0.29, 0.717) is 5.92 Å². The molecule has 0 aliphatic carbocycles. The summed E-state index contributed by atoms with van der Waals surface area (Å²) in [5, 5.41) is 12.9. The molecule has 1 saturated heterocycles. The molecule has 0 saturated carbocycles. The van der Waals surface area contributed by atoms with Gasteiger partial charge in [0.25, 0.3) is 0 Å². The highest BCUT2D eigenvalue weighted by atomic mass is 15.2. The Morgan fingerprint density at radius 3 is 2.40 bits per heavy atom. The summed E-state index contributed by atoms with van der Waals surface area (Å²) in [4.78, 5) is 2.37. The number of nitrogens with one attached hydrogen (secondary N) is 1. The first-order chi connectivity index (χ1) is 7.17. The average Bonchev–Trinajstić information content (AvgIpc) is 2.26. The number of nitrogens with zero attached hydrogens (tertiary/aromatic N) is 2. The Morgan fingerprint density at radius 2 is 2.00 bits per heavy atom. The molecule has 3 heteroatoms. The minimum absolute atomic E-state index is 0.239. The van der Waals surface area contributed by atoms with Gasteiger partial charge in [-0.2, -0.15) is 5.26 Å².